The summed E-state index contributed by atoms with van der Waals surface area (Å²) in [5, 5.41) is 20.7. The Morgan fingerprint density at radius 2 is 1.46 bits per heavy atom. The zero-order valence-corrected chi connectivity index (χ0v) is 20.4. The molecule has 2 amide bonds. The summed E-state index contributed by atoms with van der Waals surface area (Å²) in [5.74, 6) is 1.59. The minimum Gasteiger partial charge on any atom is -0.346 e. The predicted molar refractivity (Wildman–Crippen MR) is 139 cm³/mol. The maximum Gasteiger partial charge on any atom is 0.242 e. The molecule has 184 valence electrons. The number of nitrogens with zero attached hydrogens (tertiary/aromatic N) is 4. The van der Waals surface area contributed by atoms with Crippen molar-refractivity contribution >= 4 is 29.7 Å². The molecule has 8 heteroatoms. The number of rotatable bonds is 7. The van der Waals surface area contributed by atoms with E-state index in [1.807, 2.05) is 0 Å². The first kappa shape index (κ1) is 26.6. The molecule has 37 heavy (non-hydrogen) atoms. The van der Waals surface area contributed by atoms with Crippen LogP contribution < -0.4 is 5.32 Å². The second-order valence-corrected chi connectivity index (χ2v) is 8.54. The lowest BCUT2D eigenvalue weighted by Crippen LogP contribution is -2.47. The van der Waals surface area contributed by atoms with Crippen LogP contribution in [-0.4, -0.2) is 67.2 Å². The number of carbonyl (C=O) groups excluding carboxylic acids is 3. The summed E-state index contributed by atoms with van der Waals surface area (Å²) in [5.41, 5.74) is 3.25. The highest BCUT2D eigenvalue weighted by Crippen LogP contribution is 2.22. The smallest absolute Gasteiger partial charge is 0.242 e. The number of likely N-dealkylation sites (N-methyl/N-ethyl adjacent to an activating group) is 1. The number of piperidine rings is 1. The number of nitriles is 2. The van der Waals surface area contributed by atoms with Crippen LogP contribution in [0.4, 0.5) is 0 Å². The molecule has 1 fully saturated rings. The molecule has 1 heterocycles. The Labute approximate surface area is 216 Å². The van der Waals surface area contributed by atoms with Crippen LogP contribution in [0.5, 0.6) is 0 Å². The molecule has 1 saturated heterocycles. The Morgan fingerprint density at radius 1 is 0.973 bits per heavy atom. The SMILES string of the molecule is C#CCN(C)CC(=O)NCC(=O)N1C/C(=C\c2ccc(C#N)cc2)C(=O)/C(=C/c2ccc(C#N)cc2)C1. The number of hydrogen-bond donors (Lipinski definition) is 1. The Morgan fingerprint density at radius 3 is 1.89 bits per heavy atom. The number of Topliss-reactive ketones (excluding diaryl/α,β-unsaturated/α-hetero) is 1. The number of benzene rings is 2. The largest absolute Gasteiger partial charge is 0.346 e. The van der Waals surface area contributed by atoms with Gasteiger partial charge in [-0.15, -0.1) is 6.42 Å². The van der Waals surface area contributed by atoms with Crippen molar-refractivity contribution in [2.75, 3.05) is 39.8 Å². The molecule has 1 aliphatic rings. The van der Waals surface area contributed by atoms with Crippen molar-refractivity contribution in [3.05, 3.63) is 81.9 Å². The summed E-state index contributed by atoms with van der Waals surface area (Å²) in [6, 6.07) is 17.7. The van der Waals surface area contributed by atoms with E-state index in [9.17, 15) is 14.4 Å². The molecule has 0 aromatic heterocycles. The van der Waals surface area contributed by atoms with E-state index in [0.29, 0.717) is 28.8 Å². The van der Waals surface area contributed by atoms with Gasteiger partial charge in [-0.1, -0.05) is 30.2 Å². The third kappa shape index (κ3) is 7.50. The fourth-order valence-corrected chi connectivity index (χ4v) is 3.72. The van der Waals surface area contributed by atoms with Crippen LogP contribution in [0.2, 0.25) is 0 Å². The molecule has 1 aliphatic heterocycles. The van der Waals surface area contributed by atoms with Gasteiger partial charge in [0.1, 0.15) is 0 Å². The van der Waals surface area contributed by atoms with Crippen molar-refractivity contribution in [1.29, 1.82) is 10.5 Å². The fraction of sp³-hybridized carbons (Fsp3) is 0.207. The van der Waals surface area contributed by atoms with E-state index in [4.69, 9.17) is 16.9 Å². The lowest BCUT2D eigenvalue weighted by atomic mass is 9.94. The third-order valence-corrected chi connectivity index (χ3v) is 5.63. The Hall–Kier alpha value is -4.97. The topological polar surface area (TPSA) is 117 Å². The Kier molecular flexibility index (Phi) is 9.11. The molecule has 1 N–H and O–H groups in total. The molecule has 0 spiro atoms. The molecule has 8 nitrogen and oxygen atoms in total. The summed E-state index contributed by atoms with van der Waals surface area (Å²) >= 11 is 0. The van der Waals surface area contributed by atoms with Crippen LogP contribution in [0, 0.1) is 35.0 Å². The molecular formula is C29H25N5O3. The molecule has 2 aromatic carbocycles. The third-order valence-electron chi connectivity index (χ3n) is 5.63. The van der Waals surface area contributed by atoms with Crippen LogP contribution in [0.3, 0.4) is 0 Å². The monoisotopic (exact) mass is 491 g/mol. The first-order chi connectivity index (χ1) is 17.8. The van der Waals surface area contributed by atoms with E-state index in [-0.39, 0.29) is 43.8 Å². The number of hydrogen-bond acceptors (Lipinski definition) is 6. The Balaban J connectivity index is 1.84. The highest BCUT2D eigenvalue weighted by molar-refractivity contribution is 6.15. The van der Waals surface area contributed by atoms with Gasteiger partial charge in [0.05, 0.1) is 42.9 Å². The zero-order valence-electron chi connectivity index (χ0n) is 20.4. The number of amides is 2. The Bertz CT molecular complexity index is 1290. The van der Waals surface area contributed by atoms with E-state index in [1.54, 1.807) is 72.6 Å². The van der Waals surface area contributed by atoms with Crippen LogP contribution in [0.25, 0.3) is 12.2 Å². The van der Waals surface area contributed by atoms with E-state index >= 15 is 0 Å². The summed E-state index contributed by atoms with van der Waals surface area (Å²) in [6.07, 6.45) is 8.65. The molecule has 0 saturated carbocycles. The van der Waals surface area contributed by atoms with Gasteiger partial charge in [-0.2, -0.15) is 10.5 Å². The van der Waals surface area contributed by atoms with Crippen molar-refractivity contribution in [1.82, 2.24) is 15.1 Å². The number of likely N-dealkylation sites (tertiary alicyclic amines) is 1. The number of carbonyl (C=O) groups is 3. The van der Waals surface area contributed by atoms with Crippen molar-refractivity contribution < 1.29 is 14.4 Å². The lowest BCUT2D eigenvalue weighted by molar-refractivity contribution is -0.133. The molecule has 0 bridgehead atoms. The molecule has 0 unspecified atom stereocenters. The maximum atomic E-state index is 13.3. The van der Waals surface area contributed by atoms with Crippen molar-refractivity contribution in [2.45, 2.75) is 0 Å². The number of nitrogens with one attached hydrogen (secondary N) is 1. The van der Waals surface area contributed by atoms with Crippen LogP contribution >= 0.6 is 0 Å². The van der Waals surface area contributed by atoms with Crippen molar-refractivity contribution in [2.24, 2.45) is 0 Å². The normalized spacial score (nSPS) is 15.2. The van der Waals surface area contributed by atoms with Gasteiger partial charge in [0.25, 0.3) is 0 Å². The van der Waals surface area contributed by atoms with E-state index in [1.165, 1.54) is 4.90 Å². The summed E-state index contributed by atoms with van der Waals surface area (Å²) in [4.78, 5) is 41.7. The van der Waals surface area contributed by atoms with Gasteiger partial charge in [-0.25, -0.2) is 0 Å². The average molecular weight is 492 g/mol. The van der Waals surface area contributed by atoms with Crippen LogP contribution in [0.1, 0.15) is 22.3 Å². The fourth-order valence-electron chi connectivity index (χ4n) is 3.72. The van der Waals surface area contributed by atoms with Crippen molar-refractivity contribution in [3.8, 4) is 24.5 Å². The van der Waals surface area contributed by atoms with Gasteiger partial charge in [0.2, 0.25) is 11.8 Å². The van der Waals surface area contributed by atoms with E-state index in [0.717, 1.165) is 11.1 Å². The summed E-state index contributed by atoms with van der Waals surface area (Å²) < 4.78 is 0. The standard InChI is InChI=1S/C29H25N5O3/c1-3-12-33(2)20-27(35)32-17-28(36)34-18-25(13-21-4-8-23(15-30)9-5-21)29(37)26(19-34)14-22-6-10-24(16-31)11-7-22/h1,4-11,13-14H,12,17-20H2,2H3,(H,32,35)/b25-13+,26-14+. The number of terminal acetylenes is 1. The van der Waals surface area contributed by atoms with Crippen LogP contribution in [-0.2, 0) is 14.4 Å². The lowest BCUT2D eigenvalue weighted by Gasteiger charge is -2.30. The first-order valence-corrected chi connectivity index (χ1v) is 11.5. The quantitative estimate of drug-likeness (QED) is 0.468. The van der Waals surface area contributed by atoms with Gasteiger partial charge >= 0.3 is 0 Å². The maximum absolute atomic E-state index is 13.3. The average Bonchev–Trinajstić information content (AvgIpc) is 2.90. The molecular weight excluding hydrogens is 466 g/mol. The van der Waals surface area contributed by atoms with Crippen molar-refractivity contribution in [3.63, 3.8) is 0 Å². The van der Waals surface area contributed by atoms with Crippen LogP contribution in [0.15, 0.2) is 59.7 Å². The highest BCUT2D eigenvalue weighted by atomic mass is 16.2. The molecule has 0 aliphatic carbocycles. The van der Waals surface area contributed by atoms with Gasteiger partial charge in [0.15, 0.2) is 5.78 Å². The van der Waals surface area contributed by atoms with Gasteiger partial charge in [-0.05, 0) is 54.6 Å². The van der Waals surface area contributed by atoms with Gasteiger partial charge in [-0.3, -0.25) is 19.3 Å². The minimum absolute atomic E-state index is 0.0592. The highest BCUT2D eigenvalue weighted by Gasteiger charge is 2.29. The van der Waals surface area contributed by atoms with Gasteiger partial charge < -0.3 is 10.2 Å². The molecule has 3 rings (SSSR count). The number of ketones is 1. The predicted octanol–water partition coefficient (Wildman–Crippen LogP) is 1.99. The molecule has 0 radical (unpaired) electrons. The molecule has 2 aromatic rings. The van der Waals surface area contributed by atoms with E-state index < -0.39 is 0 Å². The van der Waals surface area contributed by atoms with Gasteiger partial charge in [0, 0.05) is 24.2 Å². The second-order valence-electron chi connectivity index (χ2n) is 8.54. The van der Waals surface area contributed by atoms with E-state index in [2.05, 4.69) is 23.4 Å². The zero-order chi connectivity index (χ0) is 26.8. The minimum atomic E-state index is -0.336. The molecule has 0 atom stereocenters. The second kappa shape index (κ2) is 12.7. The first-order valence-electron chi connectivity index (χ1n) is 11.5. The summed E-state index contributed by atoms with van der Waals surface area (Å²) in [6.45, 7) is 0.308. The summed E-state index contributed by atoms with van der Waals surface area (Å²) in [7, 11) is 1.71.